The van der Waals surface area contributed by atoms with Gasteiger partial charge in [-0.1, -0.05) is 18.2 Å². The number of carbonyl (C=O) groups excluding carboxylic acids is 1. The Morgan fingerprint density at radius 1 is 1.09 bits per heavy atom. The lowest BCUT2D eigenvalue weighted by atomic mass is 10.2. The number of para-hydroxylation sites is 1. The van der Waals surface area contributed by atoms with Crippen molar-refractivity contribution in [1.29, 1.82) is 0 Å². The summed E-state index contributed by atoms with van der Waals surface area (Å²) in [7, 11) is 2.11. The normalized spacial score (nSPS) is 11.1. The molecule has 1 aromatic rings. The van der Waals surface area contributed by atoms with Crippen molar-refractivity contribution in [3.8, 4) is 0 Å². The van der Waals surface area contributed by atoms with Gasteiger partial charge in [-0.25, -0.2) is 4.79 Å². The third-order valence-corrected chi connectivity index (χ3v) is 3.24. The van der Waals surface area contributed by atoms with E-state index in [0.29, 0.717) is 6.54 Å². The molecule has 0 heterocycles. The summed E-state index contributed by atoms with van der Waals surface area (Å²) in [6.45, 7) is 9.11. The number of benzene rings is 1. The lowest BCUT2D eigenvalue weighted by Crippen LogP contribution is -2.34. The Balaban J connectivity index is 1.97. The number of alkyl carbamates (subject to hydrolysis) is 1. The van der Waals surface area contributed by atoms with Crippen LogP contribution in [0.5, 0.6) is 0 Å². The Morgan fingerprint density at radius 2 is 1.74 bits per heavy atom. The molecule has 0 unspecified atom stereocenters. The lowest BCUT2D eigenvalue weighted by molar-refractivity contribution is 0.0527. The Morgan fingerprint density at radius 3 is 2.39 bits per heavy atom. The lowest BCUT2D eigenvalue weighted by Gasteiger charge is -2.20. The molecule has 5 nitrogen and oxygen atoms in total. The highest BCUT2D eigenvalue weighted by Gasteiger charge is 2.15. The van der Waals surface area contributed by atoms with Crippen LogP contribution in [0.3, 0.4) is 0 Å². The monoisotopic (exact) mass is 321 g/mol. The molecule has 0 aliphatic heterocycles. The highest BCUT2D eigenvalue weighted by molar-refractivity contribution is 5.67. The molecule has 0 aromatic heterocycles. The van der Waals surface area contributed by atoms with Crippen molar-refractivity contribution in [3.63, 3.8) is 0 Å². The van der Waals surface area contributed by atoms with Gasteiger partial charge in [0.2, 0.25) is 0 Å². The van der Waals surface area contributed by atoms with E-state index in [1.807, 2.05) is 26.8 Å². The first kappa shape index (κ1) is 19.3. The zero-order chi connectivity index (χ0) is 17.1. The fourth-order valence-electron chi connectivity index (χ4n) is 2.10. The molecule has 0 atom stereocenters. The van der Waals surface area contributed by atoms with Crippen LogP contribution >= 0.6 is 0 Å². The van der Waals surface area contributed by atoms with Crippen molar-refractivity contribution in [2.75, 3.05) is 38.1 Å². The summed E-state index contributed by atoms with van der Waals surface area (Å²) in [5.41, 5.74) is 0.807. The first-order valence-electron chi connectivity index (χ1n) is 8.32. The molecule has 0 spiro atoms. The van der Waals surface area contributed by atoms with Gasteiger partial charge in [-0.05, 0) is 58.8 Å². The molecule has 1 rings (SSSR count). The zero-order valence-electron chi connectivity index (χ0n) is 14.9. The highest BCUT2D eigenvalue weighted by atomic mass is 16.6. The van der Waals surface area contributed by atoms with Gasteiger partial charge in [0.25, 0.3) is 0 Å². The molecular formula is C18H31N3O2. The minimum Gasteiger partial charge on any atom is -0.444 e. The minimum absolute atomic E-state index is 0.345. The van der Waals surface area contributed by atoms with Crippen molar-refractivity contribution in [2.45, 2.75) is 39.2 Å². The number of hydrogen-bond donors (Lipinski definition) is 2. The topological polar surface area (TPSA) is 53.6 Å². The largest absolute Gasteiger partial charge is 0.444 e. The molecule has 0 radical (unpaired) electrons. The summed E-state index contributed by atoms with van der Waals surface area (Å²) in [5, 5.41) is 6.16. The number of rotatable bonds is 9. The van der Waals surface area contributed by atoms with E-state index in [9.17, 15) is 4.79 Å². The molecule has 0 aliphatic carbocycles. The zero-order valence-corrected chi connectivity index (χ0v) is 14.9. The Bertz CT molecular complexity index is 443. The molecule has 5 heteroatoms. The molecule has 0 aliphatic rings. The molecule has 2 N–H and O–H groups in total. The van der Waals surface area contributed by atoms with E-state index in [1.165, 1.54) is 5.69 Å². The van der Waals surface area contributed by atoms with Gasteiger partial charge in [0.05, 0.1) is 0 Å². The highest BCUT2D eigenvalue weighted by Crippen LogP contribution is 2.10. The summed E-state index contributed by atoms with van der Waals surface area (Å²) >= 11 is 0. The van der Waals surface area contributed by atoms with E-state index >= 15 is 0 Å². The second kappa shape index (κ2) is 10.1. The summed E-state index contributed by atoms with van der Waals surface area (Å²) in [6.07, 6.45) is 1.64. The molecule has 0 saturated heterocycles. The van der Waals surface area contributed by atoms with Gasteiger partial charge in [-0.15, -0.1) is 0 Å². The van der Waals surface area contributed by atoms with Crippen molar-refractivity contribution < 1.29 is 9.53 Å². The van der Waals surface area contributed by atoms with Gasteiger partial charge < -0.3 is 20.3 Å². The molecular weight excluding hydrogens is 290 g/mol. The van der Waals surface area contributed by atoms with Crippen molar-refractivity contribution in [2.24, 2.45) is 0 Å². The van der Waals surface area contributed by atoms with Crippen molar-refractivity contribution in [3.05, 3.63) is 30.3 Å². The van der Waals surface area contributed by atoms with E-state index < -0.39 is 5.60 Å². The average molecular weight is 321 g/mol. The fourth-order valence-corrected chi connectivity index (χ4v) is 2.10. The SMILES string of the molecule is CN(CCCNCCCNC(=O)OC(C)(C)C)c1ccccc1. The van der Waals surface area contributed by atoms with Gasteiger partial charge in [0, 0.05) is 25.8 Å². The van der Waals surface area contributed by atoms with Gasteiger partial charge in [-0.3, -0.25) is 0 Å². The van der Waals surface area contributed by atoms with E-state index in [0.717, 1.165) is 32.5 Å². The van der Waals surface area contributed by atoms with Crippen LogP contribution in [-0.2, 0) is 4.74 Å². The van der Waals surface area contributed by atoms with Crippen LogP contribution in [0.25, 0.3) is 0 Å². The van der Waals surface area contributed by atoms with E-state index in [-0.39, 0.29) is 6.09 Å². The number of nitrogens with zero attached hydrogens (tertiary/aromatic N) is 1. The van der Waals surface area contributed by atoms with E-state index in [2.05, 4.69) is 46.8 Å². The van der Waals surface area contributed by atoms with Gasteiger partial charge >= 0.3 is 6.09 Å². The van der Waals surface area contributed by atoms with Gasteiger partial charge in [0.15, 0.2) is 0 Å². The van der Waals surface area contributed by atoms with Crippen LogP contribution in [0.2, 0.25) is 0 Å². The maximum Gasteiger partial charge on any atom is 0.407 e. The predicted molar refractivity (Wildman–Crippen MR) is 96.1 cm³/mol. The summed E-state index contributed by atoms with van der Waals surface area (Å²) in [5.74, 6) is 0. The number of anilines is 1. The molecule has 23 heavy (non-hydrogen) atoms. The third-order valence-electron chi connectivity index (χ3n) is 3.24. The van der Waals surface area contributed by atoms with E-state index in [1.54, 1.807) is 0 Å². The van der Waals surface area contributed by atoms with Gasteiger partial charge in [0.1, 0.15) is 5.60 Å². The number of hydrogen-bond acceptors (Lipinski definition) is 4. The maximum atomic E-state index is 11.4. The quantitative estimate of drug-likeness (QED) is 0.687. The molecule has 0 fully saturated rings. The van der Waals surface area contributed by atoms with Crippen molar-refractivity contribution >= 4 is 11.8 Å². The van der Waals surface area contributed by atoms with Crippen LogP contribution in [0.4, 0.5) is 10.5 Å². The Kier molecular flexibility index (Phi) is 8.48. The summed E-state index contributed by atoms with van der Waals surface area (Å²) < 4.78 is 5.18. The maximum absolute atomic E-state index is 11.4. The molecule has 130 valence electrons. The standard InChI is InChI=1S/C18H31N3O2/c1-18(2,3)23-17(22)20-14-8-12-19-13-9-15-21(4)16-10-6-5-7-11-16/h5-7,10-11,19H,8-9,12-15H2,1-4H3,(H,20,22). The van der Waals surface area contributed by atoms with Gasteiger partial charge in [-0.2, -0.15) is 0 Å². The van der Waals surface area contributed by atoms with Crippen LogP contribution in [0, 0.1) is 0 Å². The van der Waals surface area contributed by atoms with Crippen molar-refractivity contribution in [1.82, 2.24) is 10.6 Å². The van der Waals surface area contributed by atoms with Crippen LogP contribution in [0.1, 0.15) is 33.6 Å². The third kappa shape index (κ3) is 9.79. The smallest absolute Gasteiger partial charge is 0.407 e. The molecule has 1 aromatic carbocycles. The second-order valence-electron chi connectivity index (χ2n) is 6.64. The average Bonchev–Trinajstić information content (AvgIpc) is 2.48. The summed E-state index contributed by atoms with van der Waals surface area (Å²) in [4.78, 5) is 13.7. The van der Waals surface area contributed by atoms with E-state index in [4.69, 9.17) is 4.74 Å². The molecule has 0 bridgehead atoms. The first-order valence-corrected chi connectivity index (χ1v) is 8.32. The Labute approximate surface area is 140 Å². The van der Waals surface area contributed by atoms with Crippen LogP contribution in [0.15, 0.2) is 30.3 Å². The number of nitrogens with one attached hydrogen (secondary N) is 2. The fraction of sp³-hybridized carbons (Fsp3) is 0.611. The Hall–Kier alpha value is -1.75. The minimum atomic E-state index is -0.437. The first-order chi connectivity index (χ1) is 10.9. The number of amides is 1. The van der Waals surface area contributed by atoms with Crippen LogP contribution in [-0.4, -0.2) is 44.9 Å². The number of carbonyl (C=O) groups is 1. The molecule has 1 amide bonds. The number of ether oxygens (including phenoxy) is 1. The predicted octanol–water partition coefficient (Wildman–Crippen LogP) is 3.02. The molecule has 0 saturated carbocycles. The van der Waals surface area contributed by atoms with Crippen LogP contribution < -0.4 is 15.5 Å². The summed E-state index contributed by atoms with van der Waals surface area (Å²) in [6, 6.07) is 10.4. The second-order valence-corrected chi connectivity index (χ2v) is 6.64.